The van der Waals surface area contributed by atoms with Crippen molar-refractivity contribution in [2.45, 2.75) is 12.6 Å². The lowest BCUT2D eigenvalue weighted by Crippen LogP contribution is -2.47. The lowest BCUT2D eigenvalue weighted by Gasteiger charge is -2.26. The van der Waals surface area contributed by atoms with Crippen LogP contribution in [0.15, 0.2) is 0 Å². The van der Waals surface area contributed by atoms with Crippen molar-refractivity contribution >= 4 is 17.5 Å². The third-order valence-electron chi connectivity index (χ3n) is 2.46. The molecule has 3 nitrogen and oxygen atoms in total. The van der Waals surface area contributed by atoms with Crippen LogP contribution >= 0.6 is 11.6 Å². The Morgan fingerprint density at radius 1 is 1.73 bits per heavy atom. The fraction of sp³-hybridized carbons (Fsp3) is 0.857. The monoisotopic (exact) mass is 174 g/mol. The Morgan fingerprint density at radius 3 is 3.00 bits per heavy atom. The molecule has 2 atom stereocenters. The topological polar surface area (TPSA) is 32.3 Å². The third-order valence-corrected chi connectivity index (χ3v) is 2.69. The van der Waals surface area contributed by atoms with Crippen molar-refractivity contribution < 1.29 is 4.79 Å². The van der Waals surface area contributed by atoms with Gasteiger partial charge in [0.15, 0.2) is 0 Å². The quantitative estimate of drug-likeness (QED) is 0.568. The first-order valence-corrected chi connectivity index (χ1v) is 4.43. The van der Waals surface area contributed by atoms with Gasteiger partial charge in [-0.05, 0) is 12.3 Å². The number of halogens is 1. The van der Waals surface area contributed by atoms with E-state index in [1.54, 1.807) is 0 Å². The van der Waals surface area contributed by atoms with Gasteiger partial charge in [0.05, 0.1) is 6.17 Å². The second-order valence-electron chi connectivity index (χ2n) is 3.21. The summed E-state index contributed by atoms with van der Waals surface area (Å²) >= 11 is 5.45. The minimum absolute atomic E-state index is 0.0615. The highest BCUT2D eigenvalue weighted by atomic mass is 35.5. The van der Waals surface area contributed by atoms with Crippen LogP contribution in [0, 0.1) is 5.92 Å². The van der Waals surface area contributed by atoms with Crippen molar-refractivity contribution in [1.82, 2.24) is 10.2 Å². The number of nitrogens with one attached hydrogen (secondary N) is 1. The second kappa shape index (κ2) is 2.64. The number of rotatable bonds is 1. The number of fused-ring (bicyclic) bond motifs is 2. The van der Waals surface area contributed by atoms with E-state index in [-0.39, 0.29) is 18.0 Å². The highest BCUT2D eigenvalue weighted by Crippen LogP contribution is 2.26. The van der Waals surface area contributed by atoms with E-state index in [4.69, 9.17) is 11.6 Å². The highest BCUT2D eigenvalue weighted by molar-refractivity contribution is 6.27. The van der Waals surface area contributed by atoms with Gasteiger partial charge in [0.2, 0.25) is 5.91 Å². The molecule has 0 radical (unpaired) electrons. The molecule has 2 rings (SSSR count). The molecule has 2 aliphatic heterocycles. The SMILES string of the molecule is O=C(CCl)N1CC2CNC1C2. The minimum atomic E-state index is 0.0615. The van der Waals surface area contributed by atoms with Gasteiger partial charge in [0, 0.05) is 13.1 Å². The predicted molar refractivity (Wildman–Crippen MR) is 42.3 cm³/mol. The van der Waals surface area contributed by atoms with Gasteiger partial charge in [-0.1, -0.05) is 0 Å². The van der Waals surface area contributed by atoms with Gasteiger partial charge >= 0.3 is 0 Å². The fourth-order valence-corrected chi connectivity index (χ4v) is 2.07. The molecule has 2 bridgehead atoms. The van der Waals surface area contributed by atoms with E-state index in [0.29, 0.717) is 5.92 Å². The maximum atomic E-state index is 11.2. The van der Waals surface area contributed by atoms with Crippen LogP contribution in [0.25, 0.3) is 0 Å². The Labute approximate surface area is 70.7 Å². The van der Waals surface area contributed by atoms with E-state index in [1.807, 2.05) is 4.90 Å². The standard InChI is InChI=1S/C7H11ClN2O/c8-2-7(11)10-4-5-1-6(10)9-3-5/h5-6,9H,1-4H2. The van der Waals surface area contributed by atoms with E-state index in [0.717, 1.165) is 19.5 Å². The molecule has 0 aliphatic carbocycles. The molecule has 0 aromatic rings. The highest BCUT2D eigenvalue weighted by Gasteiger charge is 2.39. The van der Waals surface area contributed by atoms with Gasteiger partial charge in [-0.2, -0.15) is 0 Å². The van der Waals surface area contributed by atoms with Crippen LogP contribution in [0.4, 0.5) is 0 Å². The lowest BCUT2D eigenvalue weighted by atomic mass is 10.2. The zero-order chi connectivity index (χ0) is 7.84. The average molecular weight is 175 g/mol. The Kier molecular flexibility index (Phi) is 1.77. The Hall–Kier alpha value is -0.280. The molecule has 2 heterocycles. The van der Waals surface area contributed by atoms with Gasteiger partial charge in [-0.3, -0.25) is 10.1 Å². The maximum absolute atomic E-state index is 11.2. The van der Waals surface area contributed by atoms with Crippen molar-refractivity contribution in [2.75, 3.05) is 19.0 Å². The Morgan fingerprint density at radius 2 is 2.55 bits per heavy atom. The summed E-state index contributed by atoms with van der Waals surface area (Å²) in [6.07, 6.45) is 1.40. The van der Waals surface area contributed by atoms with Gasteiger partial charge in [-0.25, -0.2) is 0 Å². The molecular formula is C7H11ClN2O. The van der Waals surface area contributed by atoms with Crippen molar-refractivity contribution in [3.05, 3.63) is 0 Å². The Balaban J connectivity index is 2.02. The number of amides is 1. The van der Waals surface area contributed by atoms with Gasteiger partial charge in [0.1, 0.15) is 5.88 Å². The van der Waals surface area contributed by atoms with Crippen LogP contribution in [-0.4, -0.2) is 35.9 Å². The van der Waals surface area contributed by atoms with E-state index in [9.17, 15) is 4.79 Å². The first kappa shape index (κ1) is 7.37. The molecular weight excluding hydrogens is 164 g/mol. The molecule has 2 unspecified atom stereocenters. The van der Waals surface area contributed by atoms with Crippen LogP contribution in [0.3, 0.4) is 0 Å². The normalized spacial score (nSPS) is 34.8. The molecule has 0 saturated carbocycles. The minimum Gasteiger partial charge on any atom is -0.326 e. The molecule has 1 N–H and O–H groups in total. The summed E-state index contributed by atoms with van der Waals surface area (Å²) in [5.74, 6) is 0.851. The van der Waals surface area contributed by atoms with Crippen LogP contribution in [0.1, 0.15) is 6.42 Å². The zero-order valence-corrected chi connectivity index (χ0v) is 6.97. The van der Waals surface area contributed by atoms with E-state index in [2.05, 4.69) is 5.32 Å². The van der Waals surface area contributed by atoms with Crippen molar-refractivity contribution in [1.29, 1.82) is 0 Å². The summed E-state index contributed by atoms with van der Waals surface area (Å²) < 4.78 is 0. The molecule has 2 aliphatic rings. The van der Waals surface area contributed by atoms with Crippen molar-refractivity contribution in [3.8, 4) is 0 Å². The molecule has 2 saturated heterocycles. The summed E-state index contributed by atoms with van der Waals surface area (Å²) in [7, 11) is 0. The zero-order valence-electron chi connectivity index (χ0n) is 6.22. The summed E-state index contributed by atoms with van der Waals surface area (Å²) in [6.45, 7) is 1.97. The van der Waals surface area contributed by atoms with Crippen molar-refractivity contribution in [3.63, 3.8) is 0 Å². The first-order chi connectivity index (χ1) is 5.31. The average Bonchev–Trinajstić information content (AvgIpc) is 2.62. The van der Waals surface area contributed by atoms with Gasteiger partial charge in [0.25, 0.3) is 0 Å². The third kappa shape index (κ3) is 1.12. The predicted octanol–water partition coefficient (Wildman–Crippen LogP) is 0.00300. The molecule has 0 spiro atoms. The summed E-state index contributed by atoms with van der Waals surface area (Å²) in [4.78, 5) is 13.0. The maximum Gasteiger partial charge on any atom is 0.238 e. The van der Waals surface area contributed by atoms with E-state index < -0.39 is 0 Å². The number of hydrogen-bond donors (Lipinski definition) is 1. The smallest absolute Gasteiger partial charge is 0.238 e. The molecule has 1 amide bonds. The molecule has 62 valence electrons. The van der Waals surface area contributed by atoms with Crippen LogP contribution in [0.2, 0.25) is 0 Å². The summed E-state index contributed by atoms with van der Waals surface area (Å²) in [5, 5.41) is 3.27. The number of likely N-dealkylation sites (tertiary alicyclic amines) is 1. The number of carbonyl (C=O) groups is 1. The van der Waals surface area contributed by atoms with Gasteiger partial charge in [-0.15, -0.1) is 11.6 Å². The number of nitrogens with zero attached hydrogens (tertiary/aromatic N) is 1. The second-order valence-corrected chi connectivity index (χ2v) is 3.47. The largest absolute Gasteiger partial charge is 0.326 e. The lowest BCUT2D eigenvalue weighted by molar-refractivity contribution is -0.130. The number of alkyl halides is 1. The van der Waals surface area contributed by atoms with Crippen LogP contribution in [-0.2, 0) is 4.79 Å². The first-order valence-electron chi connectivity index (χ1n) is 3.90. The van der Waals surface area contributed by atoms with E-state index >= 15 is 0 Å². The summed E-state index contributed by atoms with van der Waals surface area (Å²) in [6, 6.07) is 0. The number of carbonyl (C=O) groups excluding carboxylic acids is 1. The molecule has 2 fully saturated rings. The molecule has 11 heavy (non-hydrogen) atoms. The summed E-state index contributed by atoms with van der Waals surface area (Å²) in [5.41, 5.74) is 0. The van der Waals surface area contributed by atoms with Crippen molar-refractivity contribution in [2.24, 2.45) is 5.92 Å². The van der Waals surface area contributed by atoms with E-state index in [1.165, 1.54) is 0 Å². The molecule has 0 aromatic heterocycles. The Bertz CT molecular complexity index is 185. The fourth-order valence-electron chi connectivity index (χ4n) is 1.92. The molecule has 4 heteroatoms. The molecule has 0 aromatic carbocycles. The van der Waals surface area contributed by atoms with Crippen LogP contribution < -0.4 is 5.32 Å². The van der Waals surface area contributed by atoms with Gasteiger partial charge < -0.3 is 4.90 Å². The van der Waals surface area contributed by atoms with Crippen LogP contribution in [0.5, 0.6) is 0 Å². The number of hydrogen-bond acceptors (Lipinski definition) is 2.